The first-order valence-electron chi connectivity index (χ1n) is 4.86. The Bertz CT molecular complexity index is 294. The summed E-state index contributed by atoms with van der Waals surface area (Å²) in [6.07, 6.45) is 5.82. The molecular formula is C10H14N2O. The molecule has 3 nitrogen and oxygen atoms in total. The van der Waals surface area contributed by atoms with Crippen molar-refractivity contribution in [2.75, 3.05) is 0 Å². The largest absolute Gasteiger partial charge is 0.309 e. The maximum Gasteiger partial charge on any atom is 0.275 e. The highest BCUT2D eigenvalue weighted by atomic mass is 16.2. The Morgan fingerprint density at radius 1 is 1.23 bits per heavy atom. The first kappa shape index (κ1) is 8.48. The van der Waals surface area contributed by atoms with E-state index in [2.05, 4.69) is 10.3 Å². The van der Waals surface area contributed by atoms with Crippen molar-refractivity contribution in [3.63, 3.8) is 0 Å². The Hall–Kier alpha value is -1.12. The van der Waals surface area contributed by atoms with Gasteiger partial charge in [0.25, 0.3) is 5.91 Å². The van der Waals surface area contributed by atoms with Crippen LogP contribution < -0.4 is 5.32 Å². The molecule has 13 heavy (non-hydrogen) atoms. The van der Waals surface area contributed by atoms with Gasteiger partial charge in [0.15, 0.2) is 0 Å². The lowest BCUT2D eigenvalue weighted by Crippen LogP contribution is -2.22. The number of amidine groups is 1. The molecular weight excluding hydrogens is 164 g/mol. The van der Waals surface area contributed by atoms with Crippen LogP contribution in [0.25, 0.3) is 0 Å². The summed E-state index contributed by atoms with van der Waals surface area (Å²) in [6, 6.07) is 0. The van der Waals surface area contributed by atoms with Gasteiger partial charge < -0.3 is 5.32 Å². The topological polar surface area (TPSA) is 41.5 Å². The monoisotopic (exact) mass is 178 g/mol. The second-order valence-electron chi connectivity index (χ2n) is 3.66. The van der Waals surface area contributed by atoms with Gasteiger partial charge in [0, 0.05) is 0 Å². The quantitative estimate of drug-likeness (QED) is 0.564. The lowest BCUT2D eigenvalue weighted by Gasteiger charge is -2.13. The molecule has 3 heteroatoms. The zero-order valence-corrected chi connectivity index (χ0v) is 7.89. The molecule has 1 saturated carbocycles. The van der Waals surface area contributed by atoms with Crippen LogP contribution in [-0.4, -0.2) is 11.7 Å². The number of amides is 1. The maximum absolute atomic E-state index is 11.4. The summed E-state index contributed by atoms with van der Waals surface area (Å²) >= 11 is 0. The molecule has 1 aliphatic heterocycles. The summed E-state index contributed by atoms with van der Waals surface area (Å²) < 4.78 is 0. The van der Waals surface area contributed by atoms with E-state index < -0.39 is 0 Å². The second kappa shape index (κ2) is 3.32. The third kappa shape index (κ3) is 1.64. The van der Waals surface area contributed by atoms with E-state index in [4.69, 9.17) is 0 Å². The Morgan fingerprint density at radius 2 is 1.92 bits per heavy atom. The van der Waals surface area contributed by atoms with Crippen LogP contribution in [-0.2, 0) is 4.79 Å². The number of rotatable bonds is 0. The van der Waals surface area contributed by atoms with E-state index in [0.717, 1.165) is 18.7 Å². The van der Waals surface area contributed by atoms with Crippen molar-refractivity contribution in [3.8, 4) is 0 Å². The number of nitrogens with zero attached hydrogens (tertiary/aromatic N) is 1. The molecule has 0 spiro atoms. The number of allylic oxidation sites excluding steroid dienone is 1. The van der Waals surface area contributed by atoms with Crippen LogP contribution in [0.4, 0.5) is 0 Å². The van der Waals surface area contributed by atoms with Crippen LogP contribution in [0.5, 0.6) is 0 Å². The van der Waals surface area contributed by atoms with Crippen molar-refractivity contribution in [1.82, 2.24) is 5.32 Å². The normalized spacial score (nSPS) is 23.2. The molecule has 0 aromatic heterocycles. The van der Waals surface area contributed by atoms with Gasteiger partial charge in [0.1, 0.15) is 11.5 Å². The van der Waals surface area contributed by atoms with Gasteiger partial charge in [-0.15, -0.1) is 0 Å². The van der Waals surface area contributed by atoms with Crippen molar-refractivity contribution in [2.24, 2.45) is 4.99 Å². The van der Waals surface area contributed by atoms with Crippen LogP contribution in [0.1, 0.15) is 39.0 Å². The molecule has 1 heterocycles. The van der Waals surface area contributed by atoms with Gasteiger partial charge >= 0.3 is 0 Å². The zero-order valence-electron chi connectivity index (χ0n) is 7.89. The highest BCUT2D eigenvalue weighted by Crippen LogP contribution is 2.27. The van der Waals surface area contributed by atoms with E-state index in [1.807, 2.05) is 6.92 Å². The SMILES string of the molecule is CC1=NC(=C2CCCCC2)C(=O)N1. The highest BCUT2D eigenvalue weighted by Gasteiger charge is 2.21. The standard InChI is InChI=1S/C10H14N2O/c1-7-11-9(10(13)12-7)8-5-3-2-4-6-8/h2-6H2,1H3,(H,11,12,13). The van der Waals surface area contributed by atoms with E-state index in [9.17, 15) is 4.79 Å². The molecule has 0 aromatic rings. The van der Waals surface area contributed by atoms with Crippen molar-refractivity contribution < 1.29 is 4.79 Å². The molecule has 0 aromatic carbocycles. The average Bonchev–Trinajstić information content (AvgIpc) is 2.47. The van der Waals surface area contributed by atoms with Gasteiger partial charge in [-0.2, -0.15) is 0 Å². The molecule has 2 aliphatic rings. The fourth-order valence-electron chi connectivity index (χ4n) is 1.92. The Kier molecular flexibility index (Phi) is 2.17. The molecule has 0 unspecified atom stereocenters. The van der Waals surface area contributed by atoms with E-state index in [0.29, 0.717) is 5.70 Å². The Labute approximate surface area is 77.9 Å². The van der Waals surface area contributed by atoms with Crippen molar-refractivity contribution in [1.29, 1.82) is 0 Å². The van der Waals surface area contributed by atoms with Crippen LogP contribution in [0.2, 0.25) is 0 Å². The first-order chi connectivity index (χ1) is 6.27. The van der Waals surface area contributed by atoms with Crippen LogP contribution in [0.15, 0.2) is 16.3 Å². The first-order valence-corrected chi connectivity index (χ1v) is 4.86. The molecule has 0 bridgehead atoms. The molecule has 70 valence electrons. The second-order valence-corrected chi connectivity index (χ2v) is 3.66. The summed E-state index contributed by atoms with van der Waals surface area (Å²) in [7, 11) is 0. The minimum atomic E-state index is -0.00519. The summed E-state index contributed by atoms with van der Waals surface area (Å²) in [5, 5.41) is 2.72. The van der Waals surface area contributed by atoms with Crippen molar-refractivity contribution in [2.45, 2.75) is 39.0 Å². The Balaban J connectivity index is 2.26. The number of carbonyl (C=O) groups is 1. The van der Waals surface area contributed by atoms with Crippen molar-refractivity contribution in [3.05, 3.63) is 11.3 Å². The fraction of sp³-hybridized carbons (Fsp3) is 0.600. The van der Waals surface area contributed by atoms with Gasteiger partial charge in [0.2, 0.25) is 0 Å². The molecule has 1 amide bonds. The molecule has 1 fully saturated rings. The number of nitrogens with one attached hydrogen (secondary N) is 1. The van der Waals surface area contributed by atoms with Crippen LogP contribution in [0, 0.1) is 0 Å². The predicted octanol–water partition coefficient (Wildman–Crippen LogP) is 1.75. The third-order valence-electron chi connectivity index (χ3n) is 2.58. The van der Waals surface area contributed by atoms with E-state index in [1.165, 1.54) is 24.8 Å². The summed E-state index contributed by atoms with van der Waals surface area (Å²) in [5.41, 5.74) is 1.94. The van der Waals surface area contributed by atoms with E-state index in [1.54, 1.807) is 0 Å². The Morgan fingerprint density at radius 3 is 2.46 bits per heavy atom. The van der Waals surface area contributed by atoms with Crippen LogP contribution in [0.3, 0.4) is 0 Å². The number of hydrogen-bond acceptors (Lipinski definition) is 2. The van der Waals surface area contributed by atoms with Crippen molar-refractivity contribution >= 4 is 11.7 Å². The third-order valence-corrected chi connectivity index (χ3v) is 2.58. The fourth-order valence-corrected chi connectivity index (χ4v) is 1.92. The van der Waals surface area contributed by atoms with Gasteiger partial charge in [0.05, 0.1) is 0 Å². The summed E-state index contributed by atoms with van der Waals surface area (Å²) in [6.45, 7) is 1.83. The minimum absolute atomic E-state index is 0.00519. The highest BCUT2D eigenvalue weighted by molar-refractivity contribution is 6.11. The summed E-state index contributed by atoms with van der Waals surface area (Å²) in [4.78, 5) is 15.6. The minimum Gasteiger partial charge on any atom is -0.309 e. The van der Waals surface area contributed by atoms with E-state index in [-0.39, 0.29) is 5.91 Å². The van der Waals surface area contributed by atoms with Gasteiger partial charge in [-0.25, -0.2) is 4.99 Å². The molecule has 0 saturated heterocycles. The van der Waals surface area contributed by atoms with Crippen LogP contribution >= 0.6 is 0 Å². The number of aliphatic imine (C=N–C) groups is 1. The number of hydrogen-bond donors (Lipinski definition) is 1. The lowest BCUT2D eigenvalue weighted by molar-refractivity contribution is -0.115. The average molecular weight is 178 g/mol. The molecule has 2 rings (SSSR count). The lowest BCUT2D eigenvalue weighted by atomic mass is 9.93. The number of carbonyl (C=O) groups excluding carboxylic acids is 1. The molecule has 0 atom stereocenters. The predicted molar refractivity (Wildman–Crippen MR) is 51.4 cm³/mol. The van der Waals surface area contributed by atoms with Gasteiger partial charge in [-0.3, -0.25) is 4.79 Å². The van der Waals surface area contributed by atoms with E-state index >= 15 is 0 Å². The molecule has 1 aliphatic carbocycles. The smallest absolute Gasteiger partial charge is 0.275 e. The molecule has 0 radical (unpaired) electrons. The zero-order chi connectivity index (χ0) is 9.26. The van der Waals surface area contributed by atoms with Gasteiger partial charge in [-0.1, -0.05) is 6.42 Å². The summed E-state index contributed by atoms with van der Waals surface area (Å²) in [5.74, 6) is 0.729. The molecule has 1 N–H and O–H groups in total. The van der Waals surface area contributed by atoms with Gasteiger partial charge in [-0.05, 0) is 38.2 Å². The maximum atomic E-state index is 11.4.